The first-order valence-electron chi connectivity index (χ1n) is 10.3. The second kappa shape index (κ2) is 10.7. The van der Waals surface area contributed by atoms with Gasteiger partial charge in [0, 0.05) is 23.3 Å². The number of aliphatic hydroxyl groups excluding tert-OH is 1. The minimum Gasteiger partial charge on any atom is -0.422 e. The Kier molecular flexibility index (Phi) is 7.63. The monoisotopic (exact) mass is 554 g/mol. The highest BCUT2D eigenvalue weighted by Gasteiger charge is 2.23. The van der Waals surface area contributed by atoms with E-state index in [1.54, 1.807) is 0 Å². The highest BCUT2D eigenvalue weighted by Crippen LogP contribution is 2.34. The number of hydrogen-bond acceptors (Lipinski definition) is 5. The summed E-state index contributed by atoms with van der Waals surface area (Å²) < 4.78 is 74.3. The fraction of sp³-hybridized carbons (Fsp3) is 0.0400. The van der Waals surface area contributed by atoms with Gasteiger partial charge in [-0.2, -0.15) is 0 Å². The predicted molar refractivity (Wildman–Crippen MR) is 126 cm³/mol. The van der Waals surface area contributed by atoms with E-state index >= 15 is 0 Å². The summed E-state index contributed by atoms with van der Waals surface area (Å²) in [7, 11) is 0. The molecule has 0 bridgehead atoms. The summed E-state index contributed by atoms with van der Waals surface area (Å²) in [5.41, 5.74) is -0.943. The van der Waals surface area contributed by atoms with Crippen molar-refractivity contribution in [3.8, 4) is 16.9 Å². The average Bonchev–Trinajstić information content (AvgIpc) is 2.83. The number of anilines is 1. The van der Waals surface area contributed by atoms with E-state index in [-0.39, 0.29) is 28.1 Å². The van der Waals surface area contributed by atoms with Gasteiger partial charge in [-0.3, -0.25) is 0 Å². The zero-order valence-corrected chi connectivity index (χ0v) is 19.7. The third kappa shape index (κ3) is 5.82. The van der Waals surface area contributed by atoms with Gasteiger partial charge in [-0.25, -0.2) is 31.7 Å². The van der Waals surface area contributed by atoms with Gasteiger partial charge in [0.05, 0.1) is 5.69 Å². The number of esters is 1. The first kappa shape index (κ1) is 26.3. The number of carbonyl (C=O) groups excluding carboxylic acids is 1. The Balaban J connectivity index is 1.75. The van der Waals surface area contributed by atoms with E-state index in [2.05, 4.69) is 10.3 Å². The Hall–Kier alpha value is -3.73. The molecule has 4 aromatic rings. The molecule has 1 heterocycles. The van der Waals surface area contributed by atoms with E-state index in [9.17, 15) is 31.9 Å². The van der Waals surface area contributed by atoms with Gasteiger partial charge in [0.25, 0.3) is 0 Å². The van der Waals surface area contributed by atoms with Crippen LogP contribution < -0.4 is 10.1 Å². The van der Waals surface area contributed by atoms with Crippen molar-refractivity contribution in [1.82, 2.24) is 4.98 Å². The Labute approximate surface area is 216 Å². The molecule has 0 aliphatic carbocycles. The molecule has 5 nitrogen and oxygen atoms in total. The summed E-state index contributed by atoms with van der Waals surface area (Å²) in [6.07, 6.45) is -1.79. The molecule has 0 fully saturated rings. The second-order valence-corrected chi connectivity index (χ2v) is 8.25. The molecular formula is C25H13Cl2F5N2O3. The van der Waals surface area contributed by atoms with Crippen LogP contribution in [0.15, 0.2) is 60.7 Å². The molecule has 0 amide bonds. The topological polar surface area (TPSA) is 71.5 Å². The van der Waals surface area contributed by atoms with Gasteiger partial charge in [-0.05, 0) is 48.0 Å². The van der Waals surface area contributed by atoms with Crippen LogP contribution in [0.25, 0.3) is 11.1 Å². The molecule has 1 atom stereocenters. The van der Waals surface area contributed by atoms with Crippen LogP contribution in [0.2, 0.25) is 10.3 Å². The number of benzene rings is 3. The normalized spacial score (nSPS) is 11.8. The number of aliphatic hydroxyl groups is 1. The Morgan fingerprint density at radius 1 is 0.838 bits per heavy atom. The molecule has 0 radical (unpaired) electrons. The van der Waals surface area contributed by atoms with E-state index in [1.165, 1.54) is 18.2 Å². The highest BCUT2D eigenvalue weighted by molar-refractivity contribution is 6.34. The molecule has 1 unspecified atom stereocenters. The molecular weight excluding hydrogens is 542 g/mol. The van der Waals surface area contributed by atoms with Crippen molar-refractivity contribution in [2.75, 3.05) is 5.32 Å². The number of carbonyl (C=O) groups is 1. The Morgan fingerprint density at radius 3 is 2.19 bits per heavy atom. The van der Waals surface area contributed by atoms with Crippen molar-refractivity contribution in [3.05, 3.63) is 111 Å². The maximum Gasteiger partial charge on any atom is 0.346 e. The van der Waals surface area contributed by atoms with E-state index in [0.29, 0.717) is 18.2 Å². The Bertz CT molecular complexity index is 1520. The quantitative estimate of drug-likeness (QED) is 0.0876. The fourth-order valence-corrected chi connectivity index (χ4v) is 3.72. The molecule has 190 valence electrons. The predicted octanol–water partition coefficient (Wildman–Crippen LogP) is 7.07. The largest absolute Gasteiger partial charge is 0.422 e. The first-order valence-corrected chi connectivity index (χ1v) is 11.0. The number of nitrogens with one attached hydrogen (secondary N) is 1. The van der Waals surface area contributed by atoms with Crippen LogP contribution in [0.4, 0.5) is 27.6 Å². The van der Waals surface area contributed by atoms with Crippen molar-refractivity contribution in [2.45, 2.75) is 6.23 Å². The van der Waals surface area contributed by atoms with E-state index in [1.807, 2.05) is 0 Å². The highest BCUT2D eigenvalue weighted by atomic mass is 35.5. The van der Waals surface area contributed by atoms with Crippen LogP contribution in [-0.4, -0.2) is 16.1 Å². The van der Waals surface area contributed by atoms with Gasteiger partial charge in [-0.1, -0.05) is 29.3 Å². The SMILES string of the molecule is O=C(Oc1ccc(-c2ccc(F)cc2F)cc1C(O)Nc1ccc(F)cc1F)c1cc(F)c(Cl)nc1Cl. The fourth-order valence-electron chi connectivity index (χ4n) is 3.32. The minimum absolute atomic E-state index is 0.0623. The molecule has 37 heavy (non-hydrogen) atoms. The van der Waals surface area contributed by atoms with Gasteiger partial charge < -0.3 is 15.2 Å². The van der Waals surface area contributed by atoms with Crippen LogP contribution in [0.5, 0.6) is 5.75 Å². The molecule has 0 aliphatic rings. The van der Waals surface area contributed by atoms with Gasteiger partial charge in [0.15, 0.2) is 17.2 Å². The van der Waals surface area contributed by atoms with Crippen molar-refractivity contribution in [1.29, 1.82) is 0 Å². The molecule has 4 rings (SSSR count). The third-order valence-corrected chi connectivity index (χ3v) is 5.63. The van der Waals surface area contributed by atoms with E-state index in [4.69, 9.17) is 27.9 Å². The van der Waals surface area contributed by atoms with Crippen LogP contribution in [0.3, 0.4) is 0 Å². The molecule has 1 aromatic heterocycles. The lowest BCUT2D eigenvalue weighted by Gasteiger charge is -2.19. The summed E-state index contributed by atoms with van der Waals surface area (Å²) in [5.74, 6) is -6.18. The Morgan fingerprint density at radius 2 is 1.51 bits per heavy atom. The molecule has 3 aromatic carbocycles. The van der Waals surface area contributed by atoms with Crippen LogP contribution in [0, 0.1) is 29.1 Å². The lowest BCUT2D eigenvalue weighted by molar-refractivity contribution is 0.0727. The van der Waals surface area contributed by atoms with Gasteiger partial charge in [0.1, 0.15) is 39.7 Å². The molecule has 2 N–H and O–H groups in total. The van der Waals surface area contributed by atoms with Crippen LogP contribution >= 0.6 is 23.2 Å². The van der Waals surface area contributed by atoms with E-state index in [0.717, 1.165) is 24.3 Å². The van der Waals surface area contributed by atoms with E-state index < -0.39 is 57.2 Å². The molecule has 0 saturated carbocycles. The number of nitrogens with zero attached hydrogens (tertiary/aromatic N) is 1. The smallest absolute Gasteiger partial charge is 0.346 e. The van der Waals surface area contributed by atoms with Gasteiger partial charge >= 0.3 is 5.97 Å². The van der Waals surface area contributed by atoms with Gasteiger partial charge in [0.2, 0.25) is 0 Å². The zero-order chi connectivity index (χ0) is 26.9. The average molecular weight is 555 g/mol. The van der Waals surface area contributed by atoms with Gasteiger partial charge in [-0.15, -0.1) is 0 Å². The maximum absolute atomic E-state index is 14.4. The minimum atomic E-state index is -1.79. The number of pyridine rings is 1. The lowest BCUT2D eigenvalue weighted by atomic mass is 10.0. The number of ether oxygens (including phenoxy) is 1. The summed E-state index contributed by atoms with van der Waals surface area (Å²) in [6.45, 7) is 0. The van der Waals surface area contributed by atoms with Crippen molar-refractivity contribution in [3.63, 3.8) is 0 Å². The number of aromatic nitrogens is 1. The number of rotatable bonds is 6. The molecule has 0 saturated heterocycles. The summed E-state index contributed by atoms with van der Waals surface area (Å²) in [4.78, 5) is 16.2. The lowest BCUT2D eigenvalue weighted by Crippen LogP contribution is -2.16. The third-order valence-electron chi connectivity index (χ3n) is 5.08. The van der Waals surface area contributed by atoms with Crippen molar-refractivity contribution in [2.24, 2.45) is 0 Å². The summed E-state index contributed by atoms with van der Waals surface area (Å²) in [6, 6.07) is 9.71. The van der Waals surface area contributed by atoms with Crippen LogP contribution in [0.1, 0.15) is 22.1 Å². The summed E-state index contributed by atoms with van der Waals surface area (Å²) in [5, 5.41) is 12.2. The number of hydrogen-bond donors (Lipinski definition) is 2. The molecule has 0 aliphatic heterocycles. The maximum atomic E-state index is 14.4. The molecule has 12 heteroatoms. The van der Waals surface area contributed by atoms with Crippen molar-refractivity contribution >= 4 is 34.9 Å². The van der Waals surface area contributed by atoms with Crippen molar-refractivity contribution < 1.29 is 36.6 Å². The first-order chi connectivity index (χ1) is 17.5. The second-order valence-electron chi connectivity index (χ2n) is 7.54. The zero-order valence-electron chi connectivity index (χ0n) is 18.2. The van der Waals surface area contributed by atoms with Crippen LogP contribution in [-0.2, 0) is 0 Å². The number of halogens is 7. The summed E-state index contributed by atoms with van der Waals surface area (Å²) >= 11 is 11.4. The standard InChI is InChI=1S/C25H13Cl2F5N2O3/c26-22-16(10-19(32)23(27)34-22)25(36)37-21-6-1-11(14-4-2-12(28)8-17(14)30)7-15(21)24(35)33-20-5-3-13(29)9-18(20)31/h1-10,24,33,35H. The molecule has 0 spiro atoms.